The first-order valence-corrected chi connectivity index (χ1v) is 14.3. The summed E-state index contributed by atoms with van der Waals surface area (Å²) in [6.45, 7) is 11.1. The number of urea groups is 1. The van der Waals surface area contributed by atoms with Crippen LogP contribution in [0.4, 0.5) is 4.79 Å². The Hall–Kier alpha value is -0.963. The van der Waals surface area contributed by atoms with Crippen molar-refractivity contribution in [1.29, 1.82) is 0 Å². The molecular formula is C20H37N3O4Si. The molecular weight excluding hydrogens is 374 g/mol. The van der Waals surface area contributed by atoms with E-state index in [9.17, 15) is 9.59 Å². The van der Waals surface area contributed by atoms with Crippen LogP contribution in [0.2, 0.25) is 25.7 Å². The Labute approximate surface area is 169 Å². The van der Waals surface area contributed by atoms with Crippen molar-refractivity contribution in [3.63, 3.8) is 0 Å². The van der Waals surface area contributed by atoms with Crippen LogP contribution < -0.4 is 5.73 Å². The van der Waals surface area contributed by atoms with Crippen LogP contribution in [0.15, 0.2) is 0 Å². The first-order valence-electron chi connectivity index (χ1n) is 10.6. The summed E-state index contributed by atoms with van der Waals surface area (Å²) in [5.41, 5.74) is 5.22. The van der Waals surface area contributed by atoms with Crippen LogP contribution in [-0.4, -0.2) is 74.5 Å². The van der Waals surface area contributed by atoms with Crippen molar-refractivity contribution < 1.29 is 19.1 Å². The zero-order valence-electron chi connectivity index (χ0n) is 18.0. The highest BCUT2D eigenvalue weighted by atomic mass is 28.3. The van der Waals surface area contributed by atoms with Crippen molar-refractivity contribution in [2.75, 3.05) is 33.1 Å². The lowest BCUT2D eigenvalue weighted by molar-refractivity contribution is -0.137. The quantitative estimate of drug-likeness (QED) is 0.395. The highest BCUT2D eigenvalue weighted by Crippen LogP contribution is 2.42. The lowest BCUT2D eigenvalue weighted by atomic mass is 9.73. The molecule has 2 heterocycles. The summed E-state index contributed by atoms with van der Waals surface area (Å²) in [5, 5.41) is 0. The molecule has 0 aromatic rings. The monoisotopic (exact) mass is 411 g/mol. The van der Waals surface area contributed by atoms with Crippen molar-refractivity contribution in [2.45, 2.75) is 76.3 Å². The summed E-state index contributed by atoms with van der Waals surface area (Å²) >= 11 is 0. The average molecular weight is 412 g/mol. The molecule has 0 aromatic carbocycles. The van der Waals surface area contributed by atoms with E-state index < -0.39 is 13.6 Å². The Morgan fingerprint density at radius 1 is 1.21 bits per heavy atom. The second kappa shape index (κ2) is 8.05. The fraction of sp³-hybridized carbons (Fsp3) is 0.900. The molecule has 8 heteroatoms. The predicted molar refractivity (Wildman–Crippen MR) is 111 cm³/mol. The van der Waals surface area contributed by atoms with Crippen LogP contribution in [0.5, 0.6) is 0 Å². The van der Waals surface area contributed by atoms with Crippen LogP contribution in [-0.2, 0) is 14.3 Å². The van der Waals surface area contributed by atoms with E-state index >= 15 is 0 Å². The topological polar surface area (TPSA) is 85.1 Å². The molecule has 0 bridgehead atoms. The molecule has 28 heavy (non-hydrogen) atoms. The minimum atomic E-state index is -1.21. The van der Waals surface area contributed by atoms with Gasteiger partial charge in [0, 0.05) is 40.3 Å². The molecule has 1 aliphatic carbocycles. The Bertz CT molecular complexity index is 593. The highest BCUT2D eigenvalue weighted by Gasteiger charge is 2.60. The van der Waals surface area contributed by atoms with Gasteiger partial charge in [-0.3, -0.25) is 4.79 Å². The normalized spacial score (nSPS) is 34.1. The van der Waals surface area contributed by atoms with Crippen LogP contribution in [0.1, 0.15) is 39.0 Å². The molecule has 0 unspecified atom stereocenters. The summed E-state index contributed by atoms with van der Waals surface area (Å²) in [4.78, 5) is 29.6. The van der Waals surface area contributed by atoms with Gasteiger partial charge in [-0.05, 0) is 37.1 Å². The van der Waals surface area contributed by atoms with Crippen LogP contribution in [0.3, 0.4) is 0 Å². The third-order valence-corrected chi connectivity index (χ3v) is 8.32. The molecule has 160 valence electrons. The van der Waals surface area contributed by atoms with E-state index in [-0.39, 0.29) is 30.1 Å². The Morgan fingerprint density at radius 2 is 1.89 bits per heavy atom. The van der Waals surface area contributed by atoms with Gasteiger partial charge in [-0.25, -0.2) is 9.69 Å². The molecule has 2 saturated heterocycles. The van der Waals surface area contributed by atoms with Crippen LogP contribution in [0.25, 0.3) is 0 Å². The lowest BCUT2D eigenvalue weighted by Gasteiger charge is -2.42. The van der Waals surface area contributed by atoms with Gasteiger partial charge < -0.3 is 20.1 Å². The van der Waals surface area contributed by atoms with E-state index in [4.69, 9.17) is 15.2 Å². The van der Waals surface area contributed by atoms with Gasteiger partial charge in [-0.15, -0.1) is 0 Å². The molecule has 1 saturated carbocycles. The van der Waals surface area contributed by atoms with Crippen LogP contribution >= 0.6 is 0 Å². The number of carbonyl (C=O) groups excluding carboxylic acids is 2. The molecule has 1 atom stereocenters. The molecule has 3 amide bonds. The van der Waals surface area contributed by atoms with Gasteiger partial charge in [0.05, 0.1) is 6.61 Å². The Balaban J connectivity index is 1.70. The van der Waals surface area contributed by atoms with E-state index in [0.29, 0.717) is 32.8 Å². The SMILES string of the molecule is CC1(CN2C(=O)N(COCC[Si](C)(C)C)C(=O)[C@@]23CCOC3)CCC(N)CC1. The van der Waals surface area contributed by atoms with E-state index in [1.54, 1.807) is 4.90 Å². The number of amides is 3. The Kier molecular flexibility index (Phi) is 6.25. The molecule has 7 nitrogen and oxygen atoms in total. The Morgan fingerprint density at radius 3 is 2.46 bits per heavy atom. The number of nitrogens with zero attached hydrogens (tertiary/aromatic N) is 2. The highest BCUT2D eigenvalue weighted by molar-refractivity contribution is 6.76. The van der Waals surface area contributed by atoms with Crippen molar-refractivity contribution in [3.05, 3.63) is 0 Å². The smallest absolute Gasteiger partial charge is 0.329 e. The third-order valence-electron chi connectivity index (χ3n) is 6.62. The van der Waals surface area contributed by atoms with E-state index in [0.717, 1.165) is 31.7 Å². The lowest BCUT2D eigenvalue weighted by Crippen LogP contribution is -2.54. The number of hydrogen-bond acceptors (Lipinski definition) is 5. The van der Waals surface area contributed by atoms with Gasteiger partial charge in [0.2, 0.25) is 0 Å². The fourth-order valence-electron chi connectivity index (χ4n) is 4.46. The molecule has 2 aliphatic heterocycles. The molecule has 1 spiro atoms. The number of carbonyl (C=O) groups is 2. The standard InChI is InChI=1S/C20H37N3O4Si/c1-19(7-5-16(21)6-8-19)13-23-18(25)22(15-27-11-12-28(2,3)4)17(24)20(23)9-10-26-14-20/h16H,5-15,21H2,1-4H3/t16?,19?,20-/m0/s1. The maximum Gasteiger partial charge on any atom is 0.329 e. The first kappa shape index (κ1) is 21.7. The summed E-state index contributed by atoms with van der Waals surface area (Å²) in [5.74, 6) is -0.154. The maximum atomic E-state index is 13.2. The molecule has 2 N–H and O–H groups in total. The number of hydrogen-bond donors (Lipinski definition) is 1. The van der Waals surface area contributed by atoms with Gasteiger partial charge in [-0.2, -0.15) is 0 Å². The van der Waals surface area contributed by atoms with E-state index in [1.165, 1.54) is 4.90 Å². The largest absolute Gasteiger partial charge is 0.378 e. The fourth-order valence-corrected chi connectivity index (χ4v) is 5.22. The first-order chi connectivity index (χ1) is 13.1. The van der Waals surface area contributed by atoms with Gasteiger partial charge in [0.1, 0.15) is 12.3 Å². The third kappa shape index (κ3) is 4.45. The van der Waals surface area contributed by atoms with Crippen molar-refractivity contribution >= 4 is 20.0 Å². The zero-order valence-corrected chi connectivity index (χ0v) is 19.0. The summed E-state index contributed by atoms with van der Waals surface area (Å²) in [6, 6.07) is 1.04. The zero-order chi connectivity index (χ0) is 20.6. The second-order valence-electron chi connectivity index (χ2n) is 10.4. The molecule has 0 radical (unpaired) electrons. The molecule has 3 fully saturated rings. The number of rotatable bonds is 7. The minimum absolute atomic E-state index is 0.00387. The minimum Gasteiger partial charge on any atom is -0.378 e. The van der Waals surface area contributed by atoms with Gasteiger partial charge >= 0.3 is 6.03 Å². The molecule has 3 rings (SSSR count). The molecule has 3 aliphatic rings. The number of imide groups is 1. The van der Waals surface area contributed by atoms with E-state index in [2.05, 4.69) is 26.6 Å². The van der Waals surface area contributed by atoms with Crippen molar-refractivity contribution in [3.8, 4) is 0 Å². The van der Waals surface area contributed by atoms with E-state index in [1.807, 2.05) is 0 Å². The number of nitrogens with two attached hydrogens (primary N) is 1. The van der Waals surface area contributed by atoms with Gasteiger partial charge in [0.25, 0.3) is 5.91 Å². The second-order valence-corrected chi connectivity index (χ2v) is 16.1. The van der Waals surface area contributed by atoms with Crippen LogP contribution in [0, 0.1) is 5.41 Å². The van der Waals surface area contributed by atoms with Crippen molar-refractivity contribution in [1.82, 2.24) is 9.80 Å². The summed E-state index contributed by atoms with van der Waals surface area (Å²) in [7, 11) is -1.21. The predicted octanol–water partition coefficient (Wildman–Crippen LogP) is 2.63. The molecule has 0 aromatic heterocycles. The number of ether oxygens (including phenoxy) is 2. The van der Waals surface area contributed by atoms with Gasteiger partial charge in [0.15, 0.2) is 0 Å². The van der Waals surface area contributed by atoms with Gasteiger partial charge in [-0.1, -0.05) is 26.6 Å². The summed E-state index contributed by atoms with van der Waals surface area (Å²) in [6.07, 6.45) is 4.48. The summed E-state index contributed by atoms with van der Waals surface area (Å²) < 4.78 is 11.3. The average Bonchev–Trinajstić information content (AvgIpc) is 3.17. The van der Waals surface area contributed by atoms with Crippen molar-refractivity contribution in [2.24, 2.45) is 11.1 Å². The maximum absolute atomic E-state index is 13.2.